The van der Waals surface area contributed by atoms with Gasteiger partial charge in [0.15, 0.2) is 11.4 Å². The Bertz CT molecular complexity index is 897. The van der Waals surface area contributed by atoms with Gasteiger partial charge in [-0.25, -0.2) is 4.52 Å². The molecule has 0 aromatic carbocycles. The zero-order valence-corrected chi connectivity index (χ0v) is 16.9. The summed E-state index contributed by atoms with van der Waals surface area (Å²) >= 11 is 0. The molecule has 0 fully saturated rings. The van der Waals surface area contributed by atoms with Gasteiger partial charge >= 0.3 is 11.7 Å². The SMILES string of the molecule is CCCCC(CC)C(=O)c1c([N+](=O)[O-])c(=C(C)C)n2nc(OC(C)C)nc12. The van der Waals surface area contributed by atoms with Gasteiger partial charge in [0.05, 0.1) is 11.0 Å². The van der Waals surface area contributed by atoms with Crippen molar-refractivity contribution in [2.24, 2.45) is 5.92 Å². The van der Waals surface area contributed by atoms with Gasteiger partial charge in [-0.15, -0.1) is 5.10 Å². The molecule has 8 nitrogen and oxygen atoms in total. The van der Waals surface area contributed by atoms with Crippen LogP contribution in [0.4, 0.5) is 5.69 Å². The molecule has 8 heteroatoms. The van der Waals surface area contributed by atoms with Crippen LogP contribution >= 0.6 is 0 Å². The molecule has 0 spiro atoms. The number of unbranched alkanes of at least 4 members (excludes halogenated alkanes) is 1. The molecule has 0 amide bonds. The molecular formula is C19H28N4O4. The molecule has 2 aromatic heterocycles. The van der Waals surface area contributed by atoms with Gasteiger partial charge in [0.2, 0.25) is 0 Å². The number of aromatic nitrogens is 3. The van der Waals surface area contributed by atoms with E-state index < -0.39 is 4.92 Å². The number of carbonyl (C=O) groups excluding carboxylic acids is 1. The summed E-state index contributed by atoms with van der Waals surface area (Å²) < 4.78 is 6.93. The lowest BCUT2D eigenvalue weighted by molar-refractivity contribution is -0.386. The third-order valence-electron chi connectivity index (χ3n) is 4.50. The number of carbonyl (C=O) groups is 1. The maximum atomic E-state index is 13.3. The Morgan fingerprint density at radius 2 is 1.96 bits per heavy atom. The minimum atomic E-state index is -0.499. The molecule has 148 valence electrons. The minimum Gasteiger partial charge on any atom is -0.460 e. The number of hydrogen-bond acceptors (Lipinski definition) is 6. The van der Waals surface area contributed by atoms with E-state index >= 15 is 0 Å². The van der Waals surface area contributed by atoms with Crippen LogP contribution in [0.5, 0.6) is 6.01 Å². The molecule has 0 saturated heterocycles. The monoisotopic (exact) mass is 376 g/mol. The summed E-state index contributed by atoms with van der Waals surface area (Å²) in [6.45, 7) is 11.2. The smallest absolute Gasteiger partial charge is 0.336 e. The van der Waals surface area contributed by atoms with Crippen molar-refractivity contribution in [2.45, 2.75) is 73.3 Å². The average Bonchev–Trinajstić information content (AvgIpc) is 3.09. The summed E-state index contributed by atoms with van der Waals surface area (Å²) in [5, 5.41) is 16.4. The first-order valence-corrected chi connectivity index (χ1v) is 9.47. The molecule has 0 saturated carbocycles. The highest BCUT2D eigenvalue weighted by atomic mass is 16.6. The largest absolute Gasteiger partial charge is 0.460 e. The first-order chi connectivity index (χ1) is 12.7. The second-order valence-electron chi connectivity index (χ2n) is 7.24. The molecule has 0 aliphatic heterocycles. The lowest BCUT2D eigenvalue weighted by atomic mass is 9.91. The number of fused-ring (bicyclic) bond motifs is 1. The van der Waals surface area contributed by atoms with Crippen LogP contribution in [-0.2, 0) is 0 Å². The summed E-state index contributed by atoms with van der Waals surface area (Å²) in [6.07, 6.45) is 3.05. The van der Waals surface area contributed by atoms with Crippen LogP contribution in [0.3, 0.4) is 0 Å². The van der Waals surface area contributed by atoms with Crippen LogP contribution in [0.1, 0.15) is 77.6 Å². The standard InChI is InChI=1S/C19H28N4O4/c1-7-9-10-13(8-2)17(24)14-16(23(25)26)15(11(3)4)22-18(14)20-19(21-22)27-12(5)6/h12-13H,7-10H2,1-6H3. The van der Waals surface area contributed by atoms with E-state index in [9.17, 15) is 14.9 Å². The van der Waals surface area contributed by atoms with E-state index in [4.69, 9.17) is 4.74 Å². The molecule has 0 aliphatic carbocycles. The van der Waals surface area contributed by atoms with Crippen LogP contribution in [-0.4, -0.2) is 31.4 Å². The van der Waals surface area contributed by atoms with Crippen LogP contribution in [0.25, 0.3) is 11.2 Å². The number of ether oxygens (including phenoxy) is 1. The molecule has 2 aromatic rings. The van der Waals surface area contributed by atoms with E-state index in [2.05, 4.69) is 17.0 Å². The highest BCUT2D eigenvalue weighted by Crippen LogP contribution is 2.28. The highest BCUT2D eigenvalue weighted by molar-refractivity contribution is 6.07. The molecule has 0 aliphatic rings. The van der Waals surface area contributed by atoms with Crippen molar-refractivity contribution in [3.05, 3.63) is 21.0 Å². The molecule has 1 atom stereocenters. The average molecular weight is 376 g/mol. The molecule has 2 rings (SSSR count). The van der Waals surface area contributed by atoms with Crippen molar-refractivity contribution in [3.8, 4) is 6.01 Å². The van der Waals surface area contributed by atoms with Gasteiger partial charge in [-0.05, 0) is 46.1 Å². The Labute approximate surface area is 158 Å². The number of nitrogens with zero attached hydrogens (tertiary/aromatic N) is 4. The Kier molecular flexibility index (Phi) is 6.51. The second-order valence-corrected chi connectivity index (χ2v) is 7.24. The number of nitro groups is 1. The molecule has 0 N–H and O–H groups in total. The lowest BCUT2D eigenvalue weighted by Gasteiger charge is -2.11. The van der Waals surface area contributed by atoms with Crippen LogP contribution in [0, 0.1) is 16.0 Å². The van der Waals surface area contributed by atoms with Gasteiger partial charge in [-0.1, -0.05) is 26.7 Å². The van der Waals surface area contributed by atoms with Crippen molar-refractivity contribution >= 4 is 22.7 Å². The van der Waals surface area contributed by atoms with Crippen molar-refractivity contribution in [3.63, 3.8) is 0 Å². The van der Waals surface area contributed by atoms with E-state index in [1.807, 2.05) is 20.8 Å². The van der Waals surface area contributed by atoms with Gasteiger partial charge in [-0.3, -0.25) is 14.9 Å². The molecule has 2 heterocycles. The van der Waals surface area contributed by atoms with Crippen molar-refractivity contribution in [1.82, 2.24) is 14.6 Å². The third-order valence-corrected chi connectivity index (χ3v) is 4.50. The maximum absolute atomic E-state index is 13.3. The molecule has 27 heavy (non-hydrogen) atoms. The van der Waals surface area contributed by atoms with Crippen molar-refractivity contribution in [1.29, 1.82) is 0 Å². The van der Waals surface area contributed by atoms with E-state index in [0.29, 0.717) is 23.8 Å². The fourth-order valence-corrected chi connectivity index (χ4v) is 3.22. The Morgan fingerprint density at radius 3 is 2.44 bits per heavy atom. The number of Topliss-reactive ketones (excluding diaryl/α,β-unsaturated/α-hetero) is 1. The van der Waals surface area contributed by atoms with Gasteiger partial charge in [-0.2, -0.15) is 4.98 Å². The van der Waals surface area contributed by atoms with E-state index in [-0.39, 0.29) is 40.7 Å². The van der Waals surface area contributed by atoms with E-state index in [0.717, 1.165) is 12.8 Å². The first-order valence-electron chi connectivity index (χ1n) is 9.47. The van der Waals surface area contributed by atoms with Gasteiger partial charge < -0.3 is 4.74 Å². The minimum absolute atomic E-state index is 0.0465. The van der Waals surface area contributed by atoms with Gasteiger partial charge in [0.25, 0.3) is 0 Å². The van der Waals surface area contributed by atoms with Crippen LogP contribution in [0.15, 0.2) is 0 Å². The summed E-state index contributed by atoms with van der Waals surface area (Å²) in [5.74, 6) is -0.510. The molecule has 0 bridgehead atoms. The van der Waals surface area contributed by atoms with Crippen LogP contribution in [0.2, 0.25) is 0 Å². The predicted molar refractivity (Wildman–Crippen MR) is 103 cm³/mol. The lowest BCUT2D eigenvalue weighted by Crippen LogP contribution is -2.19. The fraction of sp³-hybridized carbons (Fsp3) is 0.632. The number of ketones is 1. The summed E-state index contributed by atoms with van der Waals surface area (Å²) in [6, 6.07) is 0.119. The molecule has 0 radical (unpaired) electrons. The Hall–Kier alpha value is -2.51. The zero-order valence-electron chi connectivity index (χ0n) is 16.9. The van der Waals surface area contributed by atoms with Crippen molar-refractivity contribution in [2.75, 3.05) is 0 Å². The van der Waals surface area contributed by atoms with Gasteiger partial charge in [0.1, 0.15) is 10.9 Å². The number of hydrogen-bond donors (Lipinski definition) is 0. The second kappa shape index (κ2) is 8.45. The molecular weight excluding hydrogens is 348 g/mol. The number of rotatable bonds is 9. The maximum Gasteiger partial charge on any atom is 0.336 e. The first kappa shape index (κ1) is 20.8. The summed E-state index contributed by atoms with van der Waals surface area (Å²) in [4.78, 5) is 28.9. The normalized spacial score (nSPS) is 12.6. The molecule has 1 unspecified atom stereocenters. The Morgan fingerprint density at radius 1 is 1.30 bits per heavy atom. The highest BCUT2D eigenvalue weighted by Gasteiger charge is 2.35. The zero-order chi connectivity index (χ0) is 20.3. The van der Waals surface area contributed by atoms with Crippen molar-refractivity contribution < 1.29 is 14.5 Å². The van der Waals surface area contributed by atoms with E-state index in [1.54, 1.807) is 13.8 Å². The third kappa shape index (κ3) is 4.09. The van der Waals surface area contributed by atoms with Gasteiger partial charge in [0, 0.05) is 5.92 Å². The summed E-state index contributed by atoms with van der Waals surface area (Å²) in [7, 11) is 0. The Balaban J connectivity index is 2.77. The van der Waals surface area contributed by atoms with E-state index in [1.165, 1.54) is 4.52 Å². The predicted octanol–water partition coefficient (Wildman–Crippen LogP) is 3.73. The summed E-state index contributed by atoms with van der Waals surface area (Å²) in [5.41, 5.74) is 0.730. The topological polar surface area (TPSA) is 99.6 Å². The van der Waals surface area contributed by atoms with Crippen LogP contribution < -0.4 is 10.1 Å². The fourth-order valence-electron chi connectivity index (χ4n) is 3.22. The quantitative estimate of drug-likeness (QED) is 0.375.